The maximum Gasteiger partial charge on any atom is 0.393 e. The van der Waals surface area contributed by atoms with Gasteiger partial charge in [0.25, 0.3) is 0 Å². The molecule has 0 spiro atoms. The van der Waals surface area contributed by atoms with Gasteiger partial charge < -0.3 is 0 Å². The summed E-state index contributed by atoms with van der Waals surface area (Å²) in [6, 6.07) is 0. The van der Waals surface area contributed by atoms with E-state index < -0.39 is 9.31 Å². The molecule has 0 aliphatic carbocycles. The zero-order valence-electron chi connectivity index (χ0n) is 3.27. The molecule has 8 heavy (non-hydrogen) atoms. The minimum absolute atomic E-state index is 0.268. The molecule has 0 nitrogen and oxygen atoms in total. The standard InChI is InChI=1S/C2ClF4I/c3-1(4,5)2(6,7)8. The molecule has 0 heterocycles. The van der Waals surface area contributed by atoms with Crippen LogP contribution in [0.1, 0.15) is 0 Å². The average molecular weight is 262 g/mol. The van der Waals surface area contributed by atoms with E-state index in [4.69, 9.17) is 0 Å². The van der Waals surface area contributed by atoms with E-state index in [1.165, 1.54) is 0 Å². The predicted octanol–water partition coefficient (Wildman–Crippen LogP) is 2.85. The van der Waals surface area contributed by atoms with Crippen LogP contribution in [0.2, 0.25) is 0 Å². The van der Waals surface area contributed by atoms with Crippen LogP contribution < -0.4 is 0 Å². The molecule has 0 unspecified atom stereocenters. The molecule has 0 aromatic heterocycles. The molecule has 0 fully saturated rings. The van der Waals surface area contributed by atoms with Gasteiger partial charge in [-0.25, -0.2) is 0 Å². The third-order valence-corrected chi connectivity index (χ3v) is 1.56. The van der Waals surface area contributed by atoms with Gasteiger partial charge in [0, 0.05) is 22.6 Å². The van der Waals surface area contributed by atoms with Crippen molar-refractivity contribution >= 4 is 34.2 Å². The number of hydrogen-bond donors (Lipinski definition) is 0. The minimum Gasteiger partial charge on any atom is -0.186 e. The van der Waals surface area contributed by atoms with Gasteiger partial charge in [0.15, 0.2) is 0 Å². The fourth-order valence-electron chi connectivity index (χ4n) is 0. The number of rotatable bonds is 1. The molecule has 0 saturated carbocycles. The van der Waals surface area contributed by atoms with Crippen LogP contribution in [0, 0.1) is 0 Å². The first kappa shape index (κ1) is 8.74. The highest BCUT2D eigenvalue weighted by atomic mass is 127. The van der Waals surface area contributed by atoms with Crippen molar-refractivity contribution in [3.63, 3.8) is 0 Å². The molecule has 0 amide bonds. The van der Waals surface area contributed by atoms with E-state index in [9.17, 15) is 17.6 Å². The van der Waals surface area contributed by atoms with Crippen LogP contribution in [0.15, 0.2) is 0 Å². The zero-order chi connectivity index (χ0) is 7.00. The molecule has 6 heteroatoms. The summed E-state index contributed by atoms with van der Waals surface area (Å²) < 4.78 is 41.0. The van der Waals surface area contributed by atoms with Gasteiger partial charge in [-0.05, 0) is 11.6 Å². The summed E-state index contributed by atoms with van der Waals surface area (Å²) in [5.41, 5.74) is 0. The predicted molar refractivity (Wildman–Crippen MR) is 29.8 cm³/mol. The van der Waals surface area contributed by atoms with Crippen molar-refractivity contribution < 1.29 is 17.6 Å². The van der Waals surface area contributed by atoms with Crippen LogP contribution >= 0.6 is 34.2 Å². The number of halogens is 6. The summed E-state index contributed by atoms with van der Waals surface area (Å²) >= 11 is 4.19. The van der Waals surface area contributed by atoms with E-state index >= 15 is 0 Å². The van der Waals surface area contributed by atoms with Gasteiger partial charge >= 0.3 is 9.31 Å². The van der Waals surface area contributed by atoms with E-state index in [1.54, 1.807) is 0 Å². The minimum atomic E-state index is -4.44. The van der Waals surface area contributed by atoms with Crippen molar-refractivity contribution in [2.75, 3.05) is 0 Å². The van der Waals surface area contributed by atoms with Gasteiger partial charge in [-0.1, -0.05) is 0 Å². The van der Waals surface area contributed by atoms with Gasteiger partial charge in [-0.15, -0.1) is 0 Å². The molecule has 0 atom stereocenters. The summed E-state index contributed by atoms with van der Waals surface area (Å²) in [6.45, 7) is 0. The summed E-state index contributed by atoms with van der Waals surface area (Å²) in [5.74, 6) is 0. The second-order valence-electron chi connectivity index (χ2n) is 0.996. The lowest BCUT2D eigenvalue weighted by molar-refractivity contribution is -0.0764. The van der Waals surface area contributed by atoms with Crippen molar-refractivity contribution in [1.82, 2.24) is 0 Å². The SMILES string of the molecule is FC(F)(Cl)C(F)(F)I. The lowest BCUT2D eigenvalue weighted by Crippen LogP contribution is -2.27. The van der Waals surface area contributed by atoms with Gasteiger partial charge in [0.05, 0.1) is 0 Å². The Bertz CT molecular complexity index is 69.0. The second-order valence-corrected chi connectivity index (χ2v) is 2.83. The van der Waals surface area contributed by atoms with Gasteiger partial charge in [-0.2, -0.15) is 17.6 Å². The van der Waals surface area contributed by atoms with E-state index in [-0.39, 0.29) is 22.6 Å². The van der Waals surface area contributed by atoms with Crippen molar-refractivity contribution in [2.45, 2.75) is 9.31 Å². The lowest BCUT2D eigenvalue weighted by atomic mass is 10.7. The van der Waals surface area contributed by atoms with E-state index in [0.29, 0.717) is 0 Å². The Balaban J connectivity index is 4.02. The Kier molecular flexibility index (Phi) is 2.37. The molecule has 0 aromatic rings. The fraction of sp³-hybridized carbons (Fsp3) is 1.00. The van der Waals surface area contributed by atoms with Crippen molar-refractivity contribution in [3.05, 3.63) is 0 Å². The first-order valence-electron chi connectivity index (χ1n) is 1.38. The third-order valence-electron chi connectivity index (χ3n) is 0.321. The summed E-state index contributed by atoms with van der Waals surface area (Å²) in [5, 5.41) is -4.44. The molecular formula is C2ClF4I. The molecule has 0 rings (SSSR count). The molecule has 0 bridgehead atoms. The summed E-state index contributed by atoms with van der Waals surface area (Å²) in [4.78, 5) is 0. The highest BCUT2D eigenvalue weighted by Gasteiger charge is 2.52. The fourth-order valence-corrected chi connectivity index (χ4v) is 0. The molecule has 0 N–H and O–H groups in total. The molecule has 0 radical (unpaired) electrons. The zero-order valence-corrected chi connectivity index (χ0v) is 6.18. The average Bonchev–Trinajstić information content (AvgIpc) is 1.25. The highest BCUT2D eigenvalue weighted by Crippen LogP contribution is 2.42. The van der Waals surface area contributed by atoms with Crippen molar-refractivity contribution in [2.24, 2.45) is 0 Å². The second kappa shape index (κ2) is 2.17. The Morgan fingerprint density at radius 3 is 1.25 bits per heavy atom. The van der Waals surface area contributed by atoms with Crippen molar-refractivity contribution in [1.29, 1.82) is 0 Å². The van der Waals surface area contributed by atoms with E-state index in [1.807, 2.05) is 0 Å². The van der Waals surface area contributed by atoms with Crippen LogP contribution in [0.25, 0.3) is 0 Å². The number of alkyl halides is 6. The Morgan fingerprint density at radius 2 is 1.25 bits per heavy atom. The van der Waals surface area contributed by atoms with Crippen LogP contribution in [0.3, 0.4) is 0 Å². The Labute approximate surface area is 61.3 Å². The highest BCUT2D eigenvalue weighted by molar-refractivity contribution is 14.1. The monoisotopic (exact) mass is 262 g/mol. The topological polar surface area (TPSA) is 0 Å². The van der Waals surface area contributed by atoms with Gasteiger partial charge in [-0.3, -0.25) is 0 Å². The maximum atomic E-state index is 11.3. The molecule has 0 saturated heterocycles. The Hall–Kier alpha value is 0.740. The largest absolute Gasteiger partial charge is 0.393 e. The van der Waals surface area contributed by atoms with Crippen LogP contribution in [0.4, 0.5) is 17.6 Å². The van der Waals surface area contributed by atoms with Crippen LogP contribution in [-0.4, -0.2) is 9.31 Å². The first-order chi connectivity index (χ1) is 3.25. The van der Waals surface area contributed by atoms with Crippen molar-refractivity contribution in [3.8, 4) is 0 Å². The van der Waals surface area contributed by atoms with Gasteiger partial charge in [0.1, 0.15) is 0 Å². The molecule has 0 aliphatic heterocycles. The summed E-state index contributed by atoms with van der Waals surface area (Å²) in [6.07, 6.45) is 0. The summed E-state index contributed by atoms with van der Waals surface area (Å²) in [7, 11) is 0. The quantitative estimate of drug-likeness (QED) is 0.387. The normalized spacial score (nSPS) is 14.2. The lowest BCUT2D eigenvalue weighted by Gasteiger charge is -2.12. The first-order valence-corrected chi connectivity index (χ1v) is 2.84. The van der Waals surface area contributed by atoms with E-state index in [2.05, 4.69) is 11.6 Å². The smallest absolute Gasteiger partial charge is 0.186 e. The van der Waals surface area contributed by atoms with Crippen LogP contribution in [0.5, 0.6) is 0 Å². The molecular weight excluding hydrogens is 262 g/mol. The third kappa shape index (κ3) is 2.34. The van der Waals surface area contributed by atoms with Gasteiger partial charge in [0.2, 0.25) is 0 Å². The van der Waals surface area contributed by atoms with Crippen LogP contribution in [-0.2, 0) is 0 Å². The molecule has 50 valence electrons. The Morgan fingerprint density at radius 1 is 1.12 bits per heavy atom. The molecule has 0 aliphatic rings. The number of hydrogen-bond acceptors (Lipinski definition) is 0. The maximum absolute atomic E-state index is 11.3. The van der Waals surface area contributed by atoms with E-state index in [0.717, 1.165) is 0 Å². The molecule has 0 aromatic carbocycles.